The van der Waals surface area contributed by atoms with Crippen LogP contribution in [0.15, 0.2) is 59.5 Å². The molecule has 27 heavy (non-hydrogen) atoms. The molecule has 2 N–H and O–H groups in total. The highest BCUT2D eigenvalue weighted by Gasteiger charge is 2.33. The first-order valence-electron chi connectivity index (χ1n) is 8.12. The van der Waals surface area contributed by atoms with Gasteiger partial charge in [0.15, 0.2) is 4.32 Å². The maximum Gasteiger partial charge on any atom is 0.338 e. The van der Waals surface area contributed by atoms with Gasteiger partial charge in [0.05, 0.1) is 4.91 Å². The number of thiocarbonyl (C=S) groups is 1. The van der Waals surface area contributed by atoms with Gasteiger partial charge in [0.1, 0.15) is 0 Å². The zero-order valence-electron chi connectivity index (χ0n) is 14.8. The molecule has 1 fully saturated rings. The van der Waals surface area contributed by atoms with Gasteiger partial charge < -0.3 is 10.2 Å². The molecule has 0 spiro atoms. The van der Waals surface area contributed by atoms with Crippen LogP contribution >= 0.6 is 24.0 Å². The third-order valence-corrected chi connectivity index (χ3v) is 5.05. The van der Waals surface area contributed by atoms with Crippen molar-refractivity contribution in [1.29, 1.82) is 0 Å². The Morgan fingerprint density at radius 3 is 2.41 bits per heavy atom. The van der Waals surface area contributed by atoms with Gasteiger partial charge in [-0.05, 0) is 48.1 Å². The van der Waals surface area contributed by atoms with Crippen LogP contribution < -0.4 is 15.6 Å². The lowest BCUT2D eigenvalue weighted by Crippen LogP contribution is -2.46. The number of hydrogen-bond donors (Lipinski definition) is 2. The Morgan fingerprint density at radius 1 is 1.11 bits per heavy atom. The van der Waals surface area contributed by atoms with Crippen molar-refractivity contribution in [3.05, 3.63) is 65.1 Å². The van der Waals surface area contributed by atoms with E-state index in [1.54, 1.807) is 30.3 Å². The number of amides is 3. The summed E-state index contributed by atoms with van der Waals surface area (Å²) in [6, 6.07) is 16.2. The molecule has 1 heterocycles. The first-order chi connectivity index (χ1) is 12.9. The molecule has 1 saturated heterocycles. The lowest BCUT2D eigenvalue weighted by molar-refractivity contribution is -0.123. The number of anilines is 2. The van der Waals surface area contributed by atoms with Gasteiger partial charge in [-0.15, -0.1) is 0 Å². The molecule has 2 aromatic carbocycles. The predicted molar refractivity (Wildman–Crippen MR) is 114 cm³/mol. The van der Waals surface area contributed by atoms with Crippen LogP contribution in [-0.2, 0) is 4.79 Å². The summed E-state index contributed by atoms with van der Waals surface area (Å²) < 4.78 is 0.277. The number of nitrogens with zero attached hydrogens (tertiary/aromatic N) is 2. The van der Waals surface area contributed by atoms with Crippen molar-refractivity contribution in [3.8, 4) is 0 Å². The number of benzene rings is 2. The van der Waals surface area contributed by atoms with E-state index in [1.165, 1.54) is 0 Å². The van der Waals surface area contributed by atoms with Crippen LogP contribution in [0.4, 0.5) is 16.2 Å². The molecule has 0 bridgehead atoms. The number of hydrazine groups is 1. The summed E-state index contributed by atoms with van der Waals surface area (Å²) in [6.07, 6.45) is 1.76. The summed E-state index contributed by atoms with van der Waals surface area (Å²) in [5, 5.41) is 3.74. The highest BCUT2D eigenvalue weighted by Crippen LogP contribution is 2.31. The SMILES string of the molecule is CN(C)c1ccc(/C=C2\SC(=S)N(NC(=O)Nc3ccccc3)C2=O)cc1. The second-order valence-electron chi connectivity index (χ2n) is 5.94. The normalized spacial score (nSPS) is 15.2. The topological polar surface area (TPSA) is 64.7 Å². The molecule has 1 aliphatic rings. The van der Waals surface area contributed by atoms with E-state index in [2.05, 4.69) is 10.7 Å². The van der Waals surface area contributed by atoms with Crippen LogP contribution in [0.5, 0.6) is 0 Å². The number of urea groups is 1. The maximum atomic E-state index is 12.6. The fraction of sp³-hybridized carbons (Fsp3) is 0.105. The van der Waals surface area contributed by atoms with Gasteiger partial charge >= 0.3 is 6.03 Å². The number of hydrogen-bond acceptors (Lipinski definition) is 5. The average Bonchev–Trinajstić information content (AvgIpc) is 2.90. The lowest BCUT2D eigenvalue weighted by atomic mass is 10.2. The molecule has 0 atom stereocenters. The molecule has 8 heteroatoms. The van der Waals surface area contributed by atoms with Crippen molar-refractivity contribution < 1.29 is 9.59 Å². The highest BCUT2D eigenvalue weighted by atomic mass is 32.2. The van der Waals surface area contributed by atoms with Crippen LogP contribution in [0, 0.1) is 0 Å². The molecule has 1 aliphatic heterocycles. The molecule has 0 radical (unpaired) electrons. The van der Waals surface area contributed by atoms with Crippen LogP contribution in [0.3, 0.4) is 0 Å². The van der Waals surface area contributed by atoms with Gasteiger partial charge in [0, 0.05) is 25.5 Å². The van der Waals surface area contributed by atoms with E-state index in [4.69, 9.17) is 12.2 Å². The summed E-state index contributed by atoms with van der Waals surface area (Å²) in [6.45, 7) is 0. The van der Waals surface area contributed by atoms with Gasteiger partial charge in [0.2, 0.25) is 0 Å². The number of carbonyl (C=O) groups is 2. The molecule has 3 amide bonds. The van der Waals surface area contributed by atoms with E-state index in [-0.39, 0.29) is 10.2 Å². The fourth-order valence-corrected chi connectivity index (χ4v) is 3.55. The van der Waals surface area contributed by atoms with Gasteiger partial charge in [0.25, 0.3) is 5.91 Å². The maximum absolute atomic E-state index is 12.6. The Morgan fingerprint density at radius 2 is 1.78 bits per heavy atom. The Kier molecular flexibility index (Phi) is 5.78. The van der Waals surface area contributed by atoms with Gasteiger partial charge in [-0.2, -0.15) is 5.01 Å². The molecule has 0 aromatic heterocycles. The quantitative estimate of drug-likeness (QED) is 0.607. The zero-order valence-corrected chi connectivity index (χ0v) is 16.4. The standard InChI is InChI=1S/C19H18N4O2S2/c1-22(2)15-10-8-13(9-11-15)12-16-17(24)23(19(26)27-16)21-18(25)20-14-6-4-3-5-7-14/h3-12H,1-2H3,(H2,20,21,25)/b16-12-. The second-order valence-corrected chi connectivity index (χ2v) is 7.61. The molecule has 2 aromatic rings. The summed E-state index contributed by atoms with van der Waals surface area (Å²) in [7, 11) is 3.93. The molecule has 138 valence electrons. The fourth-order valence-electron chi connectivity index (χ4n) is 2.37. The van der Waals surface area contributed by atoms with E-state index < -0.39 is 6.03 Å². The summed E-state index contributed by atoms with van der Waals surface area (Å²) >= 11 is 6.38. The van der Waals surface area contributed by atoms with Crippen LogP contribution in [0.25, 0.3) is 6.08 Å². The number of rotatable bonds is 4. The monoisotopic (exact) mass is 398 g/mol. The molecule has 6 nitrogen and oxygen atoms in total. The van der Waals surface area contributed by atoms with Crippen LogP contribution in [0.1, 0.15) is 5.56 Å². The minimum atomic E-state index is -0.533. The molecular formula is C19H18N4O2S2. The van der Waals surface area contributed by atoms with E-state index in [9.17, 15) is 9.59 Å². The summed E-state index contributed by atoms with van der Waals surface area (Å²) in [4.78, 5) is 27.2. The highest BCUT2D eigenvalue weighted by molar-refractivity contribution is 8.26. The van der Waals surface area contributed by atoms with E-state index in [1.807, 2.05) is 49.3 Å². The number of thioether (sulfide) groups is 1. The summed E-state index contributed by atoms with van der Waals surface area (Å²) in [5.74, 6) is -0.357. The molecule has 0 saturated carbocycles. The smallest absolute Gasteiger partial charge is 0.338 e. The van der Waals surface area contributed by atoms with E-state index in [0.717, 1.165) is 28.0 Å². The van der Waals surface area contributed by atoms with Crippen molar-refractivity contribution in [3.63, 3.8) is 0 Å². The van der Waals surface area contributed by atoms with Crippen molar-refractivity contribution >= 4 is 57.7 Å². The van der Waals surface area contributed by atoms with Gasteiger partial charge in [-0.1, -0.05) is 42.1 Å². The van der Waals surface area contributed by atoms with Crippen LogP contribution in [0.2, 0.25) is 0 Å². The van der Waals surface area contributed by atoms with Crippen molar-refractivity contribution in [2.75, 3.05) is 24.3 Å². The Balaban J connectivity index is 1.68. The third kappa shape index (κ3) is 4.66. The van der Waals surface area contributed by atoms with Crippen molar-refractivity contribution in [2.24, 2.45) is 0 Å². The zero-order chi connectivity index (χ0) is 19.4. The average molecular weight is 399 g/mol. The van der Waals surface area contributed by atoms with Crippen molar-refractivity contribution in [1.82, 2.24) is 10.4 Å². The Bertz CT molecular complexity index is 896. The Labute approximate surface area is 167 Å². The predicted octanol–water partition coefficient (Wildman–Crippen LogP) is 3.69. The molecule has 3 rings (SSSR count). The van der Waals surface area contributed by atoms with E-state index in [0.29, 0.717) is 10.6 Å². The lowest BCUT2D eigenvalue weighted by Gasteiger charge is -2.16. The van der Waals surface area contributed by atoms with Crippen LogP contribution in [-0.4, -0.2) is 35.4 Å². The Hall–Kier alpha value is -2.84. The number of nitrogens with one attached hydrogen (secondary N) is 2. The second kappa shape index (κ2) is 8.24. The third-order valence-electron chi connectivity index (χ3n) is 3.75. The largest absolute Gasteiger partial charge is 0.378 e. The van der Waals surface area contributed by atoms with Gasteiger partial charge in [-0.3, -0.25) is 4.79 Å². The van der Waals surface area contributed by atoms with Crippen molar-refractivity contribution in [2.45, 2.75) is 0 Å². The minimum absolute atomic E-state index is 0.277. The van der Waals surface area contributed by atoms with E-state index >= 15 is 0 Å². The number of carbonyl (C=O) groups excluding carboxylic acids is 2. The minimum Gasteiger partial charge on any atom is -0.378 e. The molecule has 0 unspecified atom stereocenters. The first-order valence-corrected chi connectivity index (χ1v) is 9.34. The molecule has 0 aliphatic carbocycles. The van der Waals surface area contributed by atoms with Gasteiger partial charge in [-0.25, -0.2) is 10.2 Å². The first kappa shape index (κ1) is 18.9. The summed E-state index contributed by atoms with van der Waals surface area (Å²) in [5.41, 5.74) is 5.07. The molecular weight excluding hydrogens is 380 g/mol. The number of para-hydroxylation sites is 1.